The van der Waals surface area contributed by atoms with Crippen LogP contribution in [-0.4, -0.2) is 105 Å². The fourth-order valence-corrected chi connectivity index (χ4v) is 3.84. The van der Waals surface area contributed by atoms with Crippen LogP contribution in [0.15, 0.2) is 30.3 Å². The summed E-state index contributed by atoms with van der Waals surface area (Å²) in [6.07, 6.45) is -10.8. The van der Waals surface area contributed by atoms with Crippen molar-refractivity contribution in [2.45, 2.75) is 74.4 Å². The van der Waals surface area contributed by atoms with Crippen LogP contribution < -0.4 is 5.73 Å². The summed E-state index contributed by atoms with van der Waals surface area (Å²) in [7, 11) is 0. The largest absolute Gasteiger partial charge is 0.394 e. The lowest BCUT2D eigenvalue weighted by atomic mass is 9.92. The van der Waals surface area contributed by atoms with Crippen LogP contribution in [0.4, 0.5) is 0 Å². The number of aliphatic hydroxyl groups is 6. The first-order chi connectivity index (χ1) is 14.7. The Bertz CT molecular complexity index is 694. The van der Waals surface area contributed by atoms with Crippen molar-refractivity contribution in [2.24, 2.45) is 5.73 Å². The molecule has 2 saturated heterocycles. The summed E-state index contributed by atoms with van der Waals surface area (Å²) >= 11 is 0. The van der Waals surface area contributed by atoms with E-state index >= 15 is 0 Å². The van der Waals surface area contributed by atoms with Crippen molar-refractivity contribution in [1.82, 2.24) is 0 Å². The Balaban J connectivity index is 1.83. The molecule has 0 radical (unpaired) electrons. The van der Waals surface area contributed by atoms with E-state index in [1.165, 1.54) is 6.92 Å². The van der Waals surface area contributed by atoms with Crippen LogP contribution in [-0.2, 0) is 25.6 Å². The van der Waals surface area contributed by atoms with Crippen molar-refractivity contribution in [3.8, 4) is 0 Å². The molecule has 8 N–H and O–H groups in total. The molecule has 2 fully saturated rings. The van der Waals surface area contributed by atoms with Crippen LogP contribution in [0.5, 0.6) is 0 Å². The number of hydrogen-bond acceptors (Lipinski definition) is 11. The van der Waals surface area contributed by atoms with Gasteiger partial charge in [-0.2, -0.15) is 0 Å². The van der Waals surface area contributed by atoms with Gasteiger partial charge in [-0.15, -0.1) is 0 Å². The Morgan fingerprint density at radius 1 is 0.935 bits per heavy atom. The van der Waals surface area contributed by atoms with Crippen LogP contribution in [0.1, 0.15) is 12.5 Å². The topological polar surface area (TPSA) is 184 Å². The molecule has 0 aromatic heterocycles. The predicted molar refractivity (Wildman–Crippen MR) is 104 cm³/mol. The monoisotopic (exact) mass is 445 g/mol. The van der Waals surface area contributed by atoms with Crippen molar-refractivity contribution in [2.75, 3.05) is 13.2 Å². The summed E-state index contributed by atoms with van der Waals surface area (Å²) in [5.41, 5.74) is 6.74. The van der Waals surface area contributed by atoms with Crippen molar-refractivity contribution in [3.05, 3.63) is 35.9 Å². The number of nitrogens with two attached hydrogens (primary N) is 1. The molecule has 0 spiro atoms. The second kappa shape index (κ2) is 10.1. The zero-order chi connectivity index (χ0) is 22.8. The van der Waals surface area contributed by atoms with Crippen molar-refractivity contribution >= 4 is 0 Å². The van der Waals surface area contributed by atoms with Gasteiger partial charge in [0.05, 0.1) is 25.9 Å². The number of benzene rings is 1. The Kier molecular flexibility index (Phi) is 8.00. The Labute approximate surface area is 179 Å². The molecule has 31 heavy (non-hydrogen) atoms. The van der Waals surface area contributed by atoms with E-state index in [0.717, 1.165) is 5.56 Å². The first-order valence-corrected chi connectivity index (χ1v) is 10.1. The third kappa shape index (κ3) is 5.07. The molecule has 10 atom stereocenters. The lowest BCUT2D eigenvalue weighted by molar-refractivity contribution is -0.411. The second-order valence-corrected chi connectivity index (χ2v) is 7.96. The molecule has 5 unspecified atom stereocenters. The molecule has 0 amide bonds. The maximum absolute atomic E-state index is 10.7. The maximum atomic E-state index is 10.7. The fraction of sp³-hybridized carbons (Fsp3) is 0.700. The summed E-state index contributed by atoms with van der Waals surface area (Å²) in [5.74, 6) is -1.77. The van der Waals surface area contributed by atoms with Gasteiger partial charge >= 0.3 is 0 Å². The molecule has 2 aliphatic rings. The van der Waals surface area contributed by atoms with Gasteiger partial charge in [0.15, 0.2) is 12.1 Å². The van der Waals surface area contributed by atoms with E-state index < -0.39 is 74.1 Å². The van der Waals surface area contributed by atoms with Gasteiger partial charge in [0, 0.05) is 0 Å². The number of ether oxygens (including phenoxy) is 4. The zero-order valence-electron chi connectivity index (χ0n) is 17.1. The van der Waals surface area contributed by atoms with Gasteiger partial charge < -0.3 is 55.3 Å². The lowest BCUT2D eigenvalue weighted by Gasteiger charge is -2.51. The van der Waals surface area contributed by atoms with E-state index in [1.807, 2.05) is 30.3 Å². The van der Waals surface area contributed by atoms with Gasteiger partial charge in [-0.25, -0.2) is 0 Å². The first-order valence-electron chi connectivity index (χ1n) is 10.1. The summed E-state index contributed by atoms with van der Waals surface area (Å²) in [4.78, 5) is 0. The average Bonchev–Trinajstić information content (AvgIpc) is 2.77. The van der Waals surface area contributed by atoms with Crippen LogP contribution in [0, 0.1) is 0 Å². The number of hydrogen-bond donors (Lipinski definition) is 7. The first kappa shape index (κ1) is 24.4. The van der Waals surface area contributed by atoms with E-state index in [4.69, 9.17) is 24.7 Å². The quantitative estimate of drug-likeness (QED) is 0.230. The average molecular weight is 445 g/mol. The van der Waals surface area contributed by atoms with E-state index in [-0.39, 0.29) is 6.61 Å². The minimum atomic E-state index is -1.77. The predicted octanol–water partition coefficient (Wildman–Crippen LogP) is -2.82. The maximum Gasteiger partial charge on any atom is 0.197 e. The molecule has 1 aromatic carbocycles. The van der Waals surface area contributed by atoms with E-state index in [1.54, 1.807) is 0 Å². The van der Waals surface area contributed by atoms with E-state index in [2.05, 4.69) is 0 Å². The van der Waals surface area contributed by atoms with E-state index in [0.29, 0.717) is 0 Å². The zero-order valence-corrected chi connectivity index (χ0v) is 17.1. The fourth-order valence-electron chi connectivity index (χ4n) is 3.84. The third-order valence-corrected chi connectivity index (χ3v) is 5.67. The van der Waals surface area contributed by atoms with Crippen molar-refractivity contribution in [1.29, 1.82) is 0 Å². The highest BCUT2D eigenvalue weighted by atomic mass is 16.8. The SMILES string of the molecule is C[C@]1(O[C@H]2OC(CO)[C@@H](O)C(O)C2N)OC(CO)[C@@H](O)[C@H](O)C1OCc1ccccc1. The highest BCUT2D eigenvalue weighted by Crippen LogP contribution is 2.36. The summed E-state index contributed by atoms with van der Waals surface area (Å²) in [6, 6.07) is 7.87. The summed E-state index contributed by atoms with van der Waals surface area (Å²) < 4.78 is 22.9. The Morgan fingerprint density at radius 3 is 2.16 bits per heavy atom. The van der Waals surface area contributed by atoms with Gasteiger partial charge in [-0.3, -0.25) is 0 Å². The van der Waals surface area contributed by atoms with Gasteiger partial charge in [0.2, 0.25) is 0 Å². The lowest BCUT2D eigenvalue weighted by Crippen LogP contribution is -2.69. The molecule has 1 aromatic rings. The molecular formula is C20H31NO10. The second-order valence-electron chi connectivity index (χ2n) is 7.96. The summed E-state index contributed by atoms with van der Waals surface area (Å²) in [5, 5.41) is 60.2. The minimum absolute atomic E-state index is 0.0551. The van der Waals surface area contributed by atoms with Crippen LogP contribution in [0.2, 0.25) is 0 Å². The summed E-state index contributed by atoms with van der Waals surface area (Å²) in [6.45, 7) is 0.263. The highest BCUT2D eigenvalue weighted by molar-refractivity contribution is 5.13. The molecule has 0 bridgehead atoms. The van der Waals surface area contributed by atoms with Crippen LogP contribution in [0.25, 0.3) is 0 Å². The molecule has 11 nitrogen and oxygen atoms in total. The molecule has 2 aliphatic heterocycles. The molecule has 2 heterocycles. The molecule has 0 saturated carbocycles. The van der Waals surface area contributed by atoms with Crippen LogP contribution >= 0.6 is 0 Å². The molecular weight excluding hydrogens is 414 g/mol. The standard InChI is InChI=1S/C20H31NO10/c1-20(31-19-13(21)16(26)14(24)11(7-22)29-19)18(17(27)15(25)12(8-23)30-20)28-9-10-5-3-2-4-6-10/h2-6,11-19,22-27H,7-9,21H2,1H3/t11?,12?,13?,14-,15-,16?,17+,18?,19-,20-/m1/s1. The molecule has 3 rings (SSSR count). The van der Waals surface area contributed by atoms with Crippen LogP contribution in [0.3, 0.4) is 0 Å². The normalized spacial score (nSPS) is 43.7. The van der Waals surface area contributed by atoms with Gasteiger partial charge in [0.25, 0.3) is 0 Å². The molecule has 0 aliphatic carbocycles. The Morgan fingerprint density at radius 2 is 1.55 bits per heavy atom. The highest BCUT2D eigenvalue weighted by Gasteiger charge is 2.56. The van der Waals surface area contributed by atoms with Gasteiger partial charge in [0.1, 0.15) is 42.7 Å². The minimum Gasteiger partial charge on any atom is -0.394 e. The van der Waals surface area contributed by atoms with Crippen molar-refractivity contribution in [3.63, 3.8) is 0 Å². The third-order valence-electron chi connectivity index (χ3n) is 5.67. The van der Waals surface area contributed by atoms with Crippen molar-refractivity contribution < 1.29 is 49.6 Å². The number of rotatable bonds is 7. The number of aliphatic hydroxyl groups excluding tert-OH is 6. The van der Waals surface area contributed by atoms with Gasteiger partial charge in [-0.1, -0.05) is 30.3 Å². The molecule has 176 valence electrons. The van der Waals surface area contributed by atoms with E-state index in [9.17, 15) is 30.6 Å². The molecule has 11 heteroatoms. The smallest absolute Gasteiger partial charge is 0.197 e. The van der Waals surface area contributed by atoms with Gasteiger partial charge in [-0.05, 0) is 12.5 Å². The Hall–Kier alpha value is -1.22.